The number of alkyl halides is 1. The molecule has 54 valence electrons. The smallest absolute Gasteiger partial charge is 0.0204 e. The molecule has 1 heterocycles. The molecular formula is C6H11I2N. The average molecular weight is 351 g/mol. The summed E-state index contributed by atoms with van der Waals surface area (Å²) in [6.07, 6.45) is 2.73. The van der Waals surface area contributed by atoms with E-state index >= 15 is 0 Å². The topological polar surface area (TPSA) is 3.24 Å². The minimum Gasteiger partial charge on any atom is -0.245 e. The van der Waals surface area contributed by atoms with Crippen LogP contribution in [-0.2, 0) is 0 Å². The number of piperidine rings is 1. The molecule has 0 radical (unpaired) electrons. The molecular weight excluding hydrogens is 340 g/mol. The lowest BCUT2D eigenvalue weighted by atomic mass is 10.1. The van der Waals surface area contributed by atoms with Gasteiger partial charge in [-0.2, -0.15) is 0 Å². The molecule has 0 aromatic heterocycles. The maximum Gasteiger partial charge on any atom is 0.0204 e. The molecule has 1 nitrogen and oxygen atoms in total. The van der Waals surface area contributed by atoms with Crippen molar-refractivity contribution >= 4 is 45.5 Å². The first-order valence-electron chi connectivity index (χ1n) is 3.26. The Bertz CT molecular complexity index is 97.1. The van der Waals surface area contributed by atoms with Crippen molar-refractivity contribution in [2.75, 3.05) is 6.54 Å². The first kappa shape index (κ1) is 8.52. The van der Waals surface area contributed by atoms with Gasteiger partial charge in [-0.3, -0.25) is 0 Å². The standard InChI is InChI=1S/C6H11I2N/c1-5-4-6(7)2-3-9(5)8/h5-6H,2-4H2,1H3. The van der Waals surface area contributed by atoms with E-state index in [-0.39, 0.29) is 0 Å². The molecule has 0 spiro atoms. The summed E-state index contributed by atoms with van der Waals surface area (Å²) in [6.45, 7) is 3.58. The molecule has 9 heavy (non-hydrogen) atoms. The van der Waals surface area contributed by atoms with E-state index in [2.05, 4.69) is 55.5 Å². The number of hydrogen-bond donors (Lipinski definition) is 0. The van der Waals surface area contributed by atoms with Crippen LogP contribution in [0.5, 0.6) is 0 Å². The second-order valence-electron chi connectivity index (χ2n) is 2.59. The SMILES string of the molecule is CC1CC(I)CCN1I. The third-order valence-corrected chi connectivity index (χ3v) is 4.30. The van der Waals surface area contributed by atoms with E-state index < -0.39 is 0 Å². The molecule has 0 N–H and O–H groups in total. The van der Waals surface area contributed by atoms with Crippen LogP contribution in [0.4, 0.5) is 0 Å². The predicted octanol–water partition coefficient (Wildman–Crippen LogP) is 2.62. The van der Waals surface area contributed by atoms with Crippen LogP contribution in [0.15, 0.2) is 0 Å². The first-order chi connectivity index (χ1) is 4.20. The molecule has 1 aliphatic heterocycles. The molecule has 0 aromatic carbocycles. The van der Waals surface area contributed by atoms with Gasteiger partial charge in [-0.25, -0.2) is 3.11 Å². The van der Waals surface area contributed by atoms with Crippen LogP contribution in [-0.4, -0.2) is 19.6 Å². The molecule has 2 unspecified atom stereocenters. The summed E-state index contributed by atoms with van der Waals surface area (Å²) >= 11 is 4.97. The van der Waals surface area contributed by atoms with Crippen molar-refractivity contribution in [3.8, 4) is 0 Å². The Hall–Kier alpha value is 1.42. The fourth-order valence-corrected chi connectivity index (χ4v) is 2.61. The lowest BCUT2D eigenvalue weighted by molar-refractivity contribution is 0.329. The highest BCUT2D eigenvalue weighted by atomic mass is 127. The highest BCUT2D eigenvalue weighted by Crippen LogP contribution is 2.25. The zero-order valence-corrected chi connectivity index (χ0v) is 9.79. The summed E-state index contributed by atoms with van der Waals surface area (Å²) in [5, 5.41) is 0. The van der Waals surface area contributed by atoms with Gasteiger partial charge in [0.1, 0.15) is 0 Å². The van der Waals surface area contributed by atoms with Gasteiger partial charge in [0.2, 0.25) is 0 Å². The molecule has 0 aliphatic carbocycles. The molecule has 0 bridgehead atoms. The summed E-state index contributed by atoms with van der Waals surface area (Å²) in [7, 11) is 0. The Morgan fingerprint density at radius 2 is 2.22 bits per heavy atom. The highest BCUT2D eigenvalue weighted by Gasteiger charge is 2.21. The zero-order valence-electron chi connectivity index (χ0n) is 5.48. The van der Waals surface area contributed by atoms with E-state index in [0.29, 0.717) is 0 Å². The van der Waals surface area contributed by atoms with Crippen LogP contribution < -0.4 is 0 Å². The zero-order chi connectivity index (χ0) is 6.85. The van der Waals surface area contributed by atoms with Crippen LogP contribution in [0.1, 0.15) is 19.8 Å². The van der Waals surface area contributed by atoms with Gasteiger partial charge in [-0.05, 0) is 19.8 Å². The number of hydrogen-bond acceptors (Lipinski definition) is 1. The summed E-state index contributed by atoms with van der Waals surface area (Å²) in [5.74, 6) is 0. The molecule has 0 saturated carbocycles. The van der Waals surface area contributed by atoms with Crippen LogP contribution in [0.3, 0.4) is 0 Å². The molecule has 1 saturated heterocycles. The van der Waals surface area contributed by atoms with Gasteiger partial charge in [-0.15, -0.1) is 0 Å². The number of nitrogens with zero attached hydrogens (tertiary/aromatic N) is 1. The van der Waals surface area contributed by atoms with Crippen LogP contribution in [0.2, 0.25) is 0 Å². The maximum absolute atomic E-state index is 2.55. The van der Waals surface area contributed by atoms with E-state index in [4.69, 9.17) is 0 Å². The quantitative estimate of drug-likeness (QED) is 0.369. The second-order valence-corrected chi connectivity index (χ2v) is 5.59. The van der Waals surface area contributed by atoms with Crippen molar-refractivity contribution in [2.24, 2.45) is 0 Å². The lowest BCUT2D eigenvalue weighted by Gasteiger charge is -2.30. The average Bonchev–Trinajstić information content (AvgIpc) is 1.80. The Kier molecular flexibility index (Phi) is 3.51. The molecule has 0 amide bonds. The van der Waals surface area contributed by atoms with Crippen molar-refractivity contribution in [3.63, 3.8) is 0 Å². The van der Waals surface area contributed by atoms with Gasteiger partial charge in [0.05, 0.1) is 0 Å². The minimum absolute atomic E-state index is 0.793. The van der Waals surface area contributed by atoms with Crippen molar-refractivity contribution < 1.29 is 0 Å². The predicted molar refractivity (Wildman–Crippen MR) is 57.2 cm³/mol. The van der Waals surface area contributed by atoms with Gasteiger partial charge in [-0.1, -0.05) is 22.6 Å². The first-order valence-corrected chi connectivity index (χ1v) is 5.47. The summed E-state index contributed by atoms with van der Waals surface area (Å²) in [6, 6.07) is 0.793. The normalized spacial score (nSPS) is 39.0. The number of halogens is 2. The second kappa shape index (κ2) is 3.71. The molecule has 2 atom stereocenters. The van der Waals surface area contributed by atoms with Gasteiger partial charge in [0.15, 0.2) is 0 Å². The summed E-state index contributed by atoms with van der Waals surface area (Å²) in [5.41, 5.74) is 0. The van der Waals surface area contributed by atoms with Gasteiger partial charge in [0, 0.05) is 39.4 Å². The summed E-state index contributed by atoms with van der Waals surface area (Å²) < 4.78 is 3.33. The van der Waals surface area contributed by atoms with Gasteiger partial charge < -0.3 is 0 Å². The van der Waals surface area contributed by atoms with E-state index in [1.807, 2.05) is 0 Å². The van der Waals surface area contributed by atoms with E-state index in [9.17, 15) is 0 Å². The maximum atomic E-state index is 2.55. The molecule has 1 aliphatic rings. The summed E-state index contributed by atoms with van der Waals surface area (Å²) in [4.78, 5) is 0. The van der Waals surface area contributed by atoms with Crippen molar-refractivity contribution in [1.29, 1.82) is 0 Å². The molecule has 1 fully saturated rings. The monoisotopic (exact) mass is 351 g/mol. The molecule has 0 aromatic rings. The lowest BCUT2D eigenvalue weighted by Crippen LogP contribution is -2.33. The van der Waals surface area contributed by atoms with Crippen molar-refractivity contribution in [3.05, 3.63) is 0 Å². The Morgan fingerprint density at radius 3 is 2.67 bits per heavy atom. The Balaban J connectivity index is 2.35. The van der Waals surface area contributed by atoms with Crippen LogP contribution >= 0.6 is 45.5 Å². The van der Waals surface area contributed by atoms with E-state index in [1.165, 1.54) is 19.4 Å². The minimum atomic E-state index is 0.793. The van der Waals surface area contributed by atoms with Gasteiger partial charge >= 0.3 is 0 Å². The highest BCUT2D eigenvalue weighted by molar-refractivity contribution is 14.1. The van der Waals surface area contributed by atoms with E-state index in [1.54, 1.807) is 0 Å². The molecule has 1 rings (SSSR count). The van der Waals surface area contributed by atoms with Crippen molar-refractivity contribution in [2.45, 2.75) is 29.7 Å². The van der Waals surface area contributed by atoms with Crippen molar-refractivity contribution in [1.82, 2.24) is 3.11 Å². The largest absolute Gasteiger partial charge is 0.245 e. The Labute approximate surface area is 84.2 Å². The fourth-order valence-electron chi connectivity index (χ4n) is 1.09. The number of rotatable bonds is 0. The van der Waals surface area contributed by atoms with Crippen LogP contribution in [0.25, 0.3) is 0 Å². The third-order valence-electron chi connectivity index (χ3n) is 1.73. The van der Waals surface area contributed by atoms with Crippen LogP contribution in [0, 0.1) is 0 Å². The Morgan fingerprint density at radius 1 is 1.56 bits per heavy atom. The third kappa shape index (κ3) is 2.49. The van der Waals surface area contributed by atoms with E-state index in [0.717, 1.165) is 9.97 Å². The molecule has 3 heteroatoms. The fraction of sp³-hybridized carbons (Fsp3) is 1.00. The van der Waals surface area contributed by atoms with Gasteiger partial charge in [0.25, 0.3) is 0 Å².